The van der Waals surface area contributed by atoms with Gasteiger partial charge in [-0.3, -0.25) is 0 Å². The van der Waals surface area contributed by atoms with Gasteiger partial charge >= 0.3 is 0 Å². The number of hydrogen-bond donors (Lipinski definition) is 1. The molecule has 0 unspecified atom stereocenters. The van der Waals surface area contributed by atoms with Gasteiger partial charge in [0.15, 0.2) is 0 Å². The molecule has 1 radical (unpaired) electrons. The van der Waals surface area contributed by atoms with Gasteiger partial charge in [-0.1, -0.05) is 45.6 Å². The molecule has 0 aliphatic heterocycles. The molecule has 0 spiro atoms. The molecule has 0 saturated heterocycles. The van der Waals surface area contributed by atoms with Crippen LogP contribution in [0.3, 0.4) is 0 Å². The van der Waals surface area contributed by atoms with Crippen molar-refractivity contribution in [1.29, 1.82) is 0 Å². The Kier molecular flexibility index (Phi) is 12.3. The molecule has 1 aliphatic rings. The Morgan fingerprint density at radius 2 is 1.75 bits per heavy atom. The molecule has 69 valence electrons. The molecule has 0 atom stereocenters. The normalized spacial score (nSPS) is 18.3. The first-order chi connectivity index (χ1) is 4.93. The van der Waals surface area contributed by atoms with Crippen molar-refractivity contribution in [2.24, 2.45) is 11.7 Å². The molecule has 1 fully saturated rings. The molecule has 0 heterocycles. The average Bonchev–Trinajstić information content (AvgIpc) is 2.03. The first-order valence-corrected chi connectivity index (χ1v) is 4.30. The van der Waals surface area contributed by atoms with Gasteiger partial charge in [-0.25, -0.2) is 0 Å². The quantitative estimate of drug-likeness (QED) is 0.793. The summed E-state index contributed by atoms with van der Waals surface area (Å²) in [6.07, 6.45) is 12.1. The zero-order valence-corrected chi connectivity index (χ0v) is 9.97. The Balaban J connectivity index is 0. The van der Waals surface area contributed by atoms with Gasteiger partial charge in [0, 0.05) is 32.7 Å². The molecule has 12 heavy (non-hydrogen) atoms. The van der Waals surface area contributed by atoms with Crippen LogP contribution in [0.4, 0.5) is 0 Å². The van der Waals surface area contributed by atoms with Gasteiger partial charge < -0.3 is 5.73 Å². The van der Waals surface area contributed by atoms with Gasteiger partial charge in [0.1, 0.15) is 0 Å². The molecule has 0 amide bonds. The van der Waals surface area contributed by atoms with Gasteiger partial charge in [-0.2, -0.15) is 0 Å². The summed E-state index contributed by atoms with van der Waals surface area (Å²) >= 11 is 0. The van der Waals surface area contributed by atoms with Crippen LogP contribution in [0.15, 0.2) is 12.3 Å². The number of allylic oxidation sites excluding steroid dienone is 1. The van der Waals surface area contributed by atoms with Crippen molar-refractivity contribution in [3.8, 4) is 0 Å². The monoisotopic (exact) mass is 244 g/mol. The molecule has 0 aromatic heterocycles. The summed E-state index contributed by atoms with van der Waals surface area (Å²) in [5.41, 5.74) is 5.27. The molecule has 1 rings (SSSR count). The Morgan fingerprint density at radius 3 is 2.25 bits per heavy atom. The molecule has 0 aromatic carbocycles. The third kappa shape index (κ3) is 6.19. The minimum Gasteiger partial charge on any atom is -0.405 e. The summed E-state index contributed by atoms with van der Waals surface area (Å²) in [6, 6.07) is 0. The average molecular weight is 244 g/mol. The van der Waals surface area contributed by atoms with Crippen LogP contribution in [0.5, 0.6) is 0 Å². The predicted octanol–water partition coefficient (Wildman–Crippen LogP) is 3.06. The maximum absolute atomic E-state index is 5.27. The van der Waals surface area contributed by atoms with Crippen LogP contribution < -0.4 is 5.73 Å². The predicted molar refractivity (Wildman–Crippen MR) is 51.3 cm³/mol. The molecule has 1 nitrogen and oxygen atoms in total. The Bertz CT molecular complexity index is 106. The van der Waals surface area contributed by atoms with Crippen molar-refractivity contribution in [3.05, 3.63) is 12.3 Å². The molecule has 1 saturated carbocycles. The van der Waals surface area contributed by atoms with Crippen molar-refractivity contribution in [2.75, 3.05) is 0 Å². The summed E-state index contributed by atoms with van der Waals surface area (Å²) in [5, 5.41) is 0. The van der Waals surface area contributed by atoms with Crippen molar-refractivity contribution < 1.29 is 32.7 Å². The van der Waals surface area contributed by atoms with Crippen molar-refractivity contribution in [3.63, 3.8) is 0 Å². The molecular formula is C10H21NY. The standard InChI is InChI=1S/C9H17N.CH4.Y/c10-8-4-7-9-5-2-1-3-6-9;;/h4,8-9H,1-3,5-7,10H2;1H4;/b8-4-;;. The summed E-state index contributed by atoms with van der Waals surface area (Å²) in [6.45, 7) is 0. The van der Waals surface area contributed by atoms with E-state index in [-0.39, 0.29) is 40.1 Å². The van der Waals surface area contributed by atoms with E-state index in [4.69, 9.17) is 5.73 Å². The Morgan fingerprint density at radius 1 is 1.17 bits per heavy atom. The maximum atomic E-state index is 5.27. The van der Waals surface area contributed by atoms with E-state index in [9.17, 15) is 0 Å². The van der Waals surface area contributed by atoms with Crippen LogP contribution in [0.1, 0.15) is 46.0 Å². The molecule has 2 heteroatoms. The van der Waals surface area contributed by atoms with Crippen LogP contribution in [0, 0.1) is 5.92 Å². The summed E-state index contributed by atoms with van der Waals surface area (Å²) in [7, 11) is 0. The minimum absolute atomic E-state index is 0. The Hall–Kier alpha value is 0.644. The van der Waals surface area contributed by atoms with Crippen molar-refractivity contribution in [2.45, 2.75) is 46.0 Å². The van der Waals surface area contributed by atoms with E-state index in [0.29, 0.717) is 0 Å². The van der Waals surface area contributed by atoms with E-state index in [2.05, 4.69) is 6.08 Å². The molecular weight excluding hydrogens is 223 g/mol. The van der Waals surface area contributed by atoms with Gasteiger partial charge in [0.05, 0.1) is 0 Å². The third-order valence-electron chi connectivity index (χ3n) is 2.33. The van der Waals surface area contributed by atoms with E-state index in [1.807, 2.05) is 0 Å². The van der Waals surface area contributed by atoms with Crippen LogP contribution >= 0.6 is 0 Å². The number of hydrogen-bond acceptors (Lipinski definition) is 1. The van der Waals surface area contributed by atoms with Crippen molar-refractivity contribution >= 4 is 0 Å². The molecule has 0 aromatic rings. The topological polar surface area (TPSA) is 26.0 Å². The van der Waals surface area contributed by atoms with Crippen LogP contribution in [-0.2, 0) is 32.7 Å². The molecule has 1 aliphatic carbocycles. The number of nitrogens with two attached hydrogens (primary N) is 1. The van der Waals surface area contributed by atoms with Gasteiger partial charge in [0.25, 0.3) is 0 Å². The van der Waals surface area contributed by atoms with E-state index in [1.54, 1.807) is 6.20 Å². The zero-order valence-electron chi connectivity index (χ0n) is 7.13. The minimum atomic E-state index is 0. The van der Waals surface area contributed by atoms with E-state index >= 15 is 0 Å². The van der Waals surface area contributed by atoms with Crippen LogP contribution in [0.25, 0.3) is 0 Å². The number of rotatable bonds is 2. The smallest absolute Gasteiger partial charge is 0 e. The maximum Gasteiger partial charge on any atom is 0 e. The van der Waals surface area contributed by atoms with Crippen molar-refractivity contribution in [1.82, 2.24) is 0 Å². The first-order valence-electron chi connectivity index (χ1n) is 4.30. The summed E-state index contributed by atoms with van der Waals surface area (Å²) < 4.78 is 0. The molecule has 0 bridgehead atoms. The van der Waals surface area contributed by atoms with Crippen LogP contribution in [0.2, 0.25) is 0 Å². The van der Waals surface area contributed by atoms with E-state index in [1.165, 1.54) is 38.5 Å². The Labute approximate surface area is 102 Å². The zero-order chi connectivity index (χ0) is 7.23. The van der Waals surface area contributed by atoms with E-state index < -0.39 is 0 Å². The second-order valence-corrected chi connectivity index (χ2v) is 3.17. The second-order valence-electron chi connectivity index (χ2n) is 3.17. The fourth-order valence-corrected chi connectivity index (χ4v) is 1.69. The third-order valence-corrected chi connectivity index (χ3v) is 2.33. The summed E-state index contributed by atoms with van der Waals surface area (Å²) in [5.74, 6) is 0.938. The summed E-state index contributed by atoms with van der Waals surface area (Å²) in [4.78, 5) is 0. The van der Waals surface area contributed by atoms with Gasteiger partial charge in [-0.05, 0) is 18.5 Å². The fourth-order valence-electron chi connectivity index (χ4n) is 1.69. The largest absolute Gasteiger partial charge is 0.405 e. The van der Waals surface area contributed by atoms with Gasteiger partial charge in [0.2, 0.25) is 0 Å². The van der Waals surface area contributed by atoms with E-state index in [0.717, 1.165) is 5.92 Å². The fraction of sp³-hybridized carbons (Fsp3) is 0.800. The SMILES string of the molecule is C.N/C=C\CC1CCCCC1.[Y]. The molecule has 2 N–H and O–H groups in total. The van der Waals surface area contributed by atoms with Gasteiger partial charge in [-0.15, -0.1) is 0 Å². The second kappa shape index (κ2) is 9.73. The van der Waals surface area contributed by atoms with Crippen LogP contribution in [-0.4, -0.2) is 0 Å². The first kappa shape index (κ1) is 15.1.